The maximum Gasteiger partial charge on any atom is 0.157 e. The molecule has 0 atom stereocenters. The molecule has 2 aromatic rings. The van der Waals surface area contributed by atoms with Crippen molar-refractivity contribution in [3.8, 4) is 11.5 Å². The van der Waals surface area contributed by atoms with Crippen LogP contribution in [0.25, 0.3) is 5.57 Å². The number of rotatable bonds is 6. The Balaban J connectivity index is 1.89. The molecule has 0 saturated heterocycles. The third kappa shape index (κ3) is 3.58. The van der Waals surface area contributed by atoms with Crippen LogP contribution in [0.15, 0.2) is 36.0 Å². The Kier molecular flexibility index (Phi) is 5.19. The molecule has 1 aromatic heterocycles. The molecule has 0 amide bonds. The summed E-state index contributed by atoms with van der Waals surface area (Å²) in [6.07, 6.45) is 3.15. The molecule has 6 nitrogen and oxygen atoms in total. The Bertz CT molecular complexity index is 792. The van der Waals surface area contributed by atoms with Crippen LogP contribution < -0.4 is 4.74 Å². The number of hydrogen-bond donors (Lipinski definition) is 1. The minimum Gasteiger partial charge on any atom is -0.507 e. The number of aromatic hydroxyl groups is 1. The molecule has 1 aromatic carbocycles. The molecular formula is C19H22N2O4. The van der Waals surface area contributed by atoms with Crippen LogP contribution in [-0.4, -0.2) is 41.0 Å². The Morgan fingerprint density at radius 1 is 1.40 bits per heavy atom. The Labute approximate surface area is 146 Å². The number of benzene rings is 1. The Hall–Kier alpha value is -2.60. The zero-order valence-electron chi connectivity index (χ0n) is 14.4. The van der Waals surface area contributed by atoms with Gasteiger partial charge in [-0.25, -0.2) is 0 Å². The standard InChI is InChI=1S/C19H22N2O4/c1-13(2)21-17(6-8-20-21)16-12-24-9-7-14(16)11-25-19-5-3-4-18(23)15(19)10-22/h3-6,8,10,13,23H,7,9,11-12H2,1-2H3. The first-order chi connectivity index (χ1) is 12.1. The van der Waals surface area contributed by atoms with Gasteiger partial charge in [-0.2, -0.15) is 5.10 Å². The summed E-state index contributed by atoms with van der Waals surface area (Å²) in [5, 5.41) is 14.2. The fourth-order valence-corrected chi connectivity index (χ4v) is 2.94. The first-order valence-corrected chi connectivity index (χ1v) is 8.34. The van der Waals surface area contributed by atoms with Crippen LogP contribution in [0.4, 0.5) is 0 Å². The third-order valence-corrected chi connectivity index (χ3v) is 4.25. The van der Waals surface area contributed by atoms with Crippen LogP contribution >= 0.6 is 0 Å². The van der Waals surface area contributed by atoms with Gasteiger partial charge in [-0.3, -0.25) is 9.48 Å². The number of phenols is 1. The van der Waals surface area contributed by atoms with E-state index in [1.807, 2.05) is 10.7 Å². The van der Waals surface area contributed by atoms with Gasteiger partial charge in [0, 0.05) is 17.8 Å². The molecule has 0 bridgehead atoms. The van der Waals surface area contributed by atoms with Crippen LogP contribution in [0, 0.1) is 0 Å². The molecule has 6 heteroatoms. The SMILES string of the molecule is CC(C)n1nccc1C1=C(COc2cccc(O)c2C=O)CCOC1. The van der Waals surface area contributed by atoms with E-state index < -0.39 is 0 Å². The topological polar surface area (TPSA) is 73.6 Å². The fourth-order valence-electron chi connectivity index (χ4n) is 2.94. The van der Waals surface area contributed by atoms with E-state index in [9.17, 15) is 9.90 Å². The highest BCUT2D eigenvalue weighted by Gasteiger charge is 2.20. The molecule has 3 rings (SSSR count). The van der Waals surface area contributed by atoms with E-state index in [-0.39, 0.29) is 17.4 Å². The summed E-state index contributed by atoms with van der Waals surface area (Å²) in [5.74, 6) is 0.303. The molecule has 0 saturated carbocycles. The molecule has 1 aliphatic rings. The van der Waals surface area contributed by atoms with Gasteiger partial charge in [-0.1, -0.05) is 6.07 Å². The van der Waals surface area contributed by atoms with Gasteiger partial charge >= 0.3 is 0 Å². The molecule has 0 radical (unpaired) electrons. The van der Waals surface area contributed by atoms with Gasteiger partial charge < -0.3 is 14.6 Å². The number of phenolic OH excluding ortho intramolecular Hbond substituents is 1. The number of carbonyl (C=O) groups excluding carboxylic acids is 1. The highest BCUT2D eigenvalue weighted by Crippen LogP contribution is 2.29. The Morgan fingerprint density at radius 3 is 3.00 bits per heavy atom. The van der Waals surface area contributed by atoms with E-state index in [0.29, 0.717) is 31.9 Å². The van der Waals surface area contributed by atoms with Crippen LogP contribution in [0.3, 0.4) is 0 Å². The smallest absolute Gasteiger partial charge is 0.157 e. The fraction of sp³-hybridized carbons (Fsp3) is 0.368. The predicted molar refractivity (Wildman–Crippen MR) is 94.0 cm³/mol. The minimum atomic E-state index is -0.0773. The van der Waals surface area contributed by atoms with Crippen molar-refractivity contribution < 1.29 is 19.4 Å². The zero-order chi connectivity index (χ0) is 17.8. The Morgan fingerprint density at radius 2 is 2.24 bits per heavy atom. The molecule has 2 heterocycles. The van der Waals surface area contributed by atoms with Gasteiger partial charge in [0.15, 0.2) is 6.29 Å². The number of carbonyl (C=O) groups is 1. The highest BCUT2D eigenvalue weighted by atomic mass is 16.5. The number of aromatic nitrogens is 2. The summed E-state index contributed by atoms with van der Waals surface area (Å²) in [7, 11) is 0. The lowest BCUT2D eigenvalue weighted by atomic mass is 10.0. The van der Waals surface area contributed by atoms with Crippen molar-refractivity contribution in [2.45, 2.75) is 26.3 Å². The van der Waals surface area contributed by atoms with E-state index in [0.717, 1.165) is 23.3 Å². The average Bonchev–Trinajstić information content (AvgIpc) is 3.10. The minimum absolute atomic E-state index is 0.0773. The number of hydrogen-bond acceptors (Lipinski definition) is 5. The predicted octanol–water partition coefficient (Wildman–Crippen LogP) is 3.24. The molecule has 0 aliphatic carbocycles. The monoisotopic (exact) mass is 342 g/mol. The van der Waals surface area contributed by atoms with E-state index in [2.05, 4.69) is 18.9 Å². The van der Waals surface area contributed by atoms with Gasteiger partial charge in [0.25, 0.3) is 0 Å². The molecule has 25 heavy (non-hydrogen) atoms. The van der Waals surface area contributed by atoms with E-state index in [4.69, 9.17) is 9.47 Å². The van der Waals surface area contributed by atoms with Crippen molar-refractivity contribution in [1.82, 2.24) is 9.78 Å². The summed E-state index contributed by atoms with van der Waals surface area (Å²) in [4.78, 5) is 11.2. The number of aldehydes is 1. The second kappa shape index (κ2) is 7.53. The summed E-state index contributed by atoms with van der Waals surface area (Å²) < 4.78 is 13.4. The van der Waals surface area contributed by atoms with Gasteiger partial charge in [0.1, 0.15) is 18.1 Å². The maximum atomic E-state index is 11.2. The van der Waals surface area contributed by atoms with Crippen molar-refractivity contribution in [1.29, 1.82) is 0 Å². The quantitative estimate of drug-likeness (QED) is 0.816. The first-order valence-electron chi connectivity index (χ1n) is 8.34. The second-order valence-electron chi connectivity index (χ2n) is 6.23. The van der Waals surface area contributed by atoms with Crippen molar-refractivity contribution in [2.75, 3.05) is 19.8 Å². The molecule has 0 fully saturated rings. The lowest BCUT2D eigenvalue weighted by Gasteiger charge is -2.23. The summed E-state index contributed by atoms with van der Waals surface area (Å²) in [6.45, 7) is 5.66. The van der Waals surface area contributed by atoms with E-state index >= 15 is 0 Å². The normalized spacial score (nSPS) is 14.8. The van der Waals surface area contributed by atoms with Gasteiger partial charge in [0.05, 0.1) is 24.5 Å². The zero-order valence-corrected chi connectivity index (χ0v) is 14.4. The lowest BCUT2D eigenvalue weighted by molar-refractivity contribution is 0.111. The molecular weight excluding hydrogens is 320 g/mol. The number of nitrogens with zero attached hydrogens (tertiary/aromatic N) is 2. The van der Waals surface area contributed by atoms with E-state index in [1.54, 1.807) is 18.3 Å². The second-order valence-corrected chi connectivity index (χ2v) is 6.23. The summed E-state index contributed by atoms with van der Waals surface area (Å²) in [6, 6.07) is 7.03. The average molecular weight is 342 g/mol. The molecule has 0 unspecified atom stereocenters. The van der Waals surface area contributed by atoms with Crippen LogP contribution in [0.2, 0.25) is 0 Å². The van der Waals surface area contributed by atoms with Crippen LogP contribution in [-0.2, 0) is 4.74 Å². The van der Waals surface area contributed by atoms with Gasteiger partial charge in [-0.05, 0) is 44.0 Å². The number of ether oxygens (including phenoxy) is 2. The third-order valence-electron chi connectivity index (χ3n) is 4.25. The highest BCUT2D eigenvalue weighted by molar-refractivity contribution is 5.83. The maximum absolute atomic E-state index is 11.2. The van der Waals surface area contributed by atoms with E-state index in [1.165, 1.54) is 6.07 Å². The van der Waals surface area contributed by atoms with Gasteiger partial charge in [0.2, 0.25) is 0 Å². The van der Waals surface area contributed by atoms with Crippen LogP contribution in [0.5, 0.6) is 11.5 Å². The van der Waals surface area contributed by atoms with Crippen LogP contribution in [0.1, 0.15) is 42.4 Å². The van der Waals surface area contributed by atoms with Crippen molar-refractivity contribution >= 4 is 11.9 Å². The molecule has 0 spiro atoms. The molecule has 1 aliphatic heterocycles. The first kappa shape index (κ1) is 17.2. The largest absolute Gasteiger partial charge is 0.507 e. The van der Waals surface area contributed by atoms with Crippen molar-refractivity contribution in [2.24, 2.45) is 0 Å². The molecule has 1 N–H and O–H groups in total. The lowest BCUT2D eigenvalue weighted by Crippen LogP contribution is -2.18. The molecule has 132 valence electrons. The summed E-state index contributed by atoms with van der Waals surface area (Å²) in [5.41, 5.74) is 3.39. The summed E-state index contributed by atoms with van der Waals surface area (Å²) >= 11 is 0. The van der Waals surface area contributed by atoms with Crippen molar-refractivity contribution in [3.05, 3.63) is 47.3 Å². The van der Waals surface area contributed by atoms with Crippen molar-refractivity contribution in [3.63, 3.8) is 0 Å². The van der Waals surface area contributed by atoms with Gasteiger partial charge in [-0.15, -0.1) is 0 Å².